The van der Waals surface area contributed by atoms with Gasteiger partial charge in [0, 0.05) is 18.7 Å². The summed E-state index contributed by atoms with van der Waals surface area (Å²) in [6.45, 7) is 0.109. The van der Waals surface area contributed by atoms with Crippen LogP contribution in [-0.4, -0.2) is 23.5 Å². The summed E-state index contributed by atoms with van der Waals surface area (Å²) >= 11 is 0. The van der Waals surface area contributed by atoms with Gasteiger partial charge in [0.05, 0.1) is 5.92 Å². The molecular weight excluding hydrogens is 225 g/mol. The normalized spacial score (nSPS) is 20.4. The Labute approximate surface area is 97.7 Å². The number of hydrogen-bond acceptors (Lipinski definition) is 2. The monoisotopic (exact) mass is 237 g/mol. The summed E-state index contributed by atoms with van der Waals surface area (Å²) < 4.78 is 13.1. The van der Waals surface area contributed by atoms with Crippen LogP contribution in [0.4, 0.5) is 10.1 Å². The highest BCUT2D eigenvalue weighted by Crippen LogP contribution is 2.24. The Morgan fingerprint density at radius 2 is 2.24 bits per heavy atom. The molecule has 1 unspecified atom stereocenters. The molecule has 1 aromatic rings. The van der Waals surface area contributed by atoms with Crippen molar-refractivity contribution in [1.82, 2.24) is 0 Å². The number of hydrogen-bond donors (Lipinski definition) is 1. The quantitative estimate of drug-likeness (QED) is 0.850. The average Bonchev–Trinajstić information content (AvgIpc) is 2.29. The number of anilines is 1. The smallest absolute Gasteiger partial charge is 0.308 e. The molecule has 1 heterocycles. The average molecular weight is 237 g/mol. The van der Waals surface area contributed by atoms with Crippen LogP contribution in [0, 0.1) is 11.7 Å². The zero-order chi connectivity index (χ0) is 12.4. The highest BCUT2D eigenvalue weighted by Gasteiger charge is 2.30. The molecule has 0 bridgehead atoms. The third-order valence-corrected chi connectivity index (χ3v) is 2.88. The molecule has 1 aliphatic rings. The first-order valence-corrected chi connectivity index (χ1v) is 5.36. The van der Waals surface area contributed by atoms with E-state index >= 15 is 0 Å². The number of nitrogens with zero attached hydrogens (tertiary/aromatic N) is 1. The van der Waals surface area contributed by atoms with Crippen LogP contribution in [0.5, 0.6) is 0 Å². The molecule has 0 aromatic heterocycles. The number of carbonyl (C=O) groups is 2. The van der Waals surface area contributed by atoms with E-state index in [9.17, 15) is 14.0 Å². The third kappa shape index (κ3) is 2.43. The predicted molar refractivity (Wildman–Crippen MR) is 59.1 cm³/mol. The van der Waals surface area contributed by atoms with E-state index in [4.69, 9.17) is 5.11 Å². The number of piperidine rings is 1. The van der Waals surface area contributed by atoms with E-state index in [-0.39, 0.29) is 18.9 Å². The molecule has 1 atom stereocenters. The number of amides is 1. The van der Waals surface area contributed by atoms with E-state index in [1.165, 1.54) is 23.1 Å². The maximum Gasteiger partial charge on any atom is 0.308 e. The van der Waals surface area contributed by atoms with Crippen molar-refractivity contribution in [1.29, 1.82) is 0 Å². The lowest BCUT2D eigenvalue weighted by Gasteiger charge is -2.30. The van der Waals surface area contributed by atoms with E-state index in [2.05, 4.69) is 0 Å². The SMILES string of the molecule is O=C(O)C1CCC(=O)N(c2cccc(F)c2)C1. The Morgan fingerprint density at radius 3 is 2.88 bits per heavy atom. The molecule has 1 saturated heterocycles. The standard InChI is InChI=1S/C12H12FNO3/c13-9-2-1-3-10(6-9)14-7-8(12(16)17)4-5-11(14)15/h1-3,6,8H,4-5,7H2,(H,16,17). The molecule has 4 nitrogen and oxygen atoms in total. The fraction of sp³-hybridized carbons (Fsp3) is 0.333. The summed E-state index contributed by atoms with van der Waals surface area (Å²) in [6, 6.07) is 5.63. The molecular formula is C12H12FNO3. The zero-order valence-corrected chi connectivity index (χ0v) is 9.10. The molecule has 1 amide bonds. The second-order valence-electron chi connectivity index (χ2n) is 4.06. The van der Waals surface area contributed by atoms with E-state index < -0.39 is 17.7 Å². The van der Waals surface area contributed by atoms with Gasteiger partial charge in [-0.15, -0.1) is 0 Å². The summed E-state index contributed by atoms with van der Waals surface area (Å²) in [5.74, 6) is -2.09. The third-order valence-electron chi connectivity index (χ3n) is 2.88. The summed E-state index contributed by atoms with van der Waals surface area (Å²) in [5, 5.41) is 8.93. The van der Waals surface area contributed by atoms with Crippen LogP contribution in [0.25, 0.3) is 0 Å². The Hall–Kier alpha value is -1.91. The lowest BCUT2D eigenvalue weighted by atomic mass is 9.97. The summed E-state index contributed by atoms with van der Waals surface area (Å²) in [6.07, 6.45) is 0.535. The van der Waals surface area contributed by atoms with Crippen molar-refractivity contribution in [3.8, 4) is 0 Å². The van der Waals surface area contributed by atoms with Gasteiger partial charge >= 0.3 is 5.97 Å². The lowest BCUT2D eigenvalue weighted by Crippen LogP contribution is -2.42. The van der Waals surface area contributed by atoms with E-state index in [1.54, 1.807) is 6.07 Å². The minimum Gasteiger partial charge on any atom is -0.481 e. The van der Waals surface area contributed by atoms with Crippen LogP contribution < -0.4 is 4.90 Å². The molecule has 90 valence electrons. The van der Waals surface area contributed by atoms with E-state index in [0.717, 1.165) is 0 Å². The first-order chi connectivity index (χ1) is 8.08. The number of rotatable bonds is 2. The van der Waals surface area contributed by atoms with Crippen molar-refractivity contribution in [2.45, 2.75) is 12.8 Å². The second-order valence-corrected chi connectivity index (χ2v) is 4.06. The van der Waals surface area contributed by atoms with Gasteiger partial charge < -0.3 is 10.0 Å². The van der Waals surface area contributed by atoms with Gasteiger partial charge in [-0.25, -0.2) is 4.39 Å². The summed E-state index contributed by atoms with van der Waals surface area (Å²) in [4.78, 5) is 23.9. The predicted octanol–water partition coefficient (Wildman–Crippen LogP) is 1.65. The van der Waals surface area contributed by atoms with E-state index in [1.807, 2.05) is 0 Å². The van der Waals surface area contributed by atoms with Gasteiger partial charge in [0.25, 0.3) is 0 Å². The van der Waals surface area contributed by atoms with Crippen molar-refractivity contribution in [3.05, 3.63) is 30.1 Å². The number of halogens is 1. The molecule has 0 aliphatic carbocycles. The summed E-state index contributed by atoms with van der Waals surface area (Å²) in [5.41, 5.74) is 0.418. The van der Waals surface area contributed by atoms with Gasteiger partial charge in [-0.2, -0.15) is 0 Å². The van der Waals surface area contributed by atoms with E-state index in [0.29, 0.717) is 12.1 Å². The van der Waals surface area contributed by atoms with Crippen LogP contribution in [0.2, 0.25) is 0 Å². The van der Waals surface area contributed by atoms with Gasteiger partial charge in [-0.1, -0.05) is 6.07 Å². The van der Waals surface area contributed by atoms with Gasteiger partial charge in [0.15, 0.2) is 0 Å². The van der Waals surface area contributed by atoms with Crippen molar-refractivity contribution in [2.24, 2.45) is 5.92 Å². The minimum atomic E-state index is -0.918. The number of benzene rings is 1. The van der Waals surface area contributed by atoms with Crippen LogP contribution >= 0.6 is 0 Å². The molecule has 1 N–H and O–H groups in total. The van der Waals surface area contributed by atoms with Crippen LogP contribution in [0.1, 0.15) is 12.8 Å². The van der Waals surface area contributed by atoms with Crippen molar-refractivity contribution < 1.29 is 19.1 Å². The van der Waals surface area contributed by atoms with Gasteiger partial charge in [0.2, 0.25) is 5.91 Å². The molecule has 2 rings (SSSR count). The maximum atomic E-state index is 13.1. The van der Waals surface area contributed by atoms with Crippen LogP contribution in [-0.2, 0) is 9.59 Å². The van der Waals surface area contributed by atoms with Crippen molar-refractivity contribution in [3.63, 3.8) is 0 Å². The van der Waals surface area contributed by atoms with Crippen LogP contribution in [0.15, 0.2) is 24.3 Å². The molecule has 17 heavy (non-hydrogen) atoms. The number of carbonyl (C=O) groups excluding carboxylic acids is 1. The van der Waals surface area contributed by atoms with Crippen molar-refractivity contribution >= 4 is 17.6 Å². The fourth-order valence-corrected chi connectivity index (χ4v) is 1.94. The Balaban J connectivity index is 2.23. The fourth-order valence-electron chi connectivity index (χ4n) is 1.94. The Bertz CT molecular complexity index is 461. The highest BCUT2D eigenvalue weighted by atomic mass is 19.1. The zero-order valence-electron chi connectivity index (χ0n) is 9.10. The lowest BCUT2D eigenvalue weighted by molar-refractivity contribution is -0.142. The topological polar surface area (TPSA) is 57.6 Å². The second kappa shape index (κ2) is 4.53. The molecule has 1 aromatic carbocycles. The minimum absolute atomic E-state index is 0.109. The Kier molecular flexibility index (Phi) is 3.08. The van der Waals surface area contributed by atoms with Gasteiger partial charge in [0.1, 0.15) is 5.82 Å². The molecule has 0 spiro atoms. The van der Waals surface area contributed by atoms with Gasteiger partial charge in [-0.05, 0) is 24.6 Å². The number of carboxylic acids is 1. The largest absolute Gasteiger partial charge is 0.481 e. The molecule has 1 fully saturated rings. The summed E-state index contributed by atoms with van der Waals surface area (Å²) in [7, 11) is 0. The molecule has 0 saturated carbocycles. The highest BCUT2D eigenvalue weighted by molar-refractivity contribution is 5.95. The number of carboxylic acid groups (broad SMARTS) is 1. The number of aliphatic carboxylic acids is 1. The maximum absolute atomic E-state index is 13.1. The Morgan fingerprint density at radius 1 is 1.47 bits per heavy atom. The van der Waals surface area contributed by atoms with Gasteiger partial charge in [-0.3, -0.25) is 9.59 Å². The van der Waals surface area contributed by atoms with Crippen LogP contribution in [0.3, 0.4) is 0 Å². The first-order valence-electron chi connectivity index (χ1n) is 5.36. The van der Waals surface area contributed by atoms with Crippen molar-refractivity contribution in [2.75, 3.05) is 11.4 Å². The molecule has 0 radical (unpaired) electrons. The molecule has 5 heteroatoms. The first kappa shape index (κ1) is 11.6. The molecule has 1 aliphatic heterocycles.